The standard InChI is InChI=1S/C17H23N3O2.ClH/c1-11-9-15(11)16(21)19-14-5-3-13(4-6-14)17(22)20-8-7-18-10-12(20)2;/h3-6,11-12,15,18H,7-10H2,1-2H3,(H,19,21);1H. The van der Waals surface area contributed by atoms with E-state index < -0.39 is 0 Å². The molecule has 1 aromatic rings. The van der Waals surface area contributed by atoms with E-state index in [2.05, 4.69) is 24.5 Å². The minimum absolute atomic E-state index is 0. The van der Waals surface area contributed by atoms with Crippen molar-refractivity contribution in [1.29, 1.82) is 0 Å². The van der Waals surface area contributed by atoms with E-state index >= 15 is 0 Å². The Labute approximate surface area is 143 Å². The maximum atomic E-state index is 12.5. The van der Waals surface area contributed by atoms with E-state index in [1.165, 1.54) is 0 Å². The zero-order valence-corrected chi connectivity index (χ0v) is 14.4. The number of nitrogens with zero attached hydrogens (tertiary/aromatic N) is 1. The number of halogens is 1. The Morgan fingerprint density at radius 3 is 2.43 bits per heavy atom. The fourth-order valence-electron chi connectivity index (χ4n) is 2.93. The molecule has 0 bridgehead atoms. The molecule has 3 atom stereocenters. The van der Waals surface area contributed by atoms with Crippen LogP contribution in [0.25, 0.3) is 0 Å². The summed E-state index contributed by atoms with van der Waals surface area (Å²) >= 11 is 0. The Kier molecular flexibility index (Phi) is 5.65. The summed E-state index contributed by atoms with van der Waals surface area (Å²) in [5.41, 5.74) is 1.43. The predicted octanol–water partition coefficient (Wildman–Crippen LogP) is 2.14. The SMILES string of the molecule is CC1CC1C(=O)Nc1ccc(C(=O)N2CCNCC2C)cc1.Cl. The lowest BCUT2D eigenvalue weighted by atomic mass is 10.1. The zero-order valence-electron chi connectivity index (χ0n) is 13.5. The van der Waals surface area contributed by atoms with Gasteiger partial charge in [-0.15, -0.1) is 12.4 Å². The van der Waals surface area contributed by atoms with Crippen molar-refractivity contribution >= 4 is 29.9 Å². The fourth-order valence-corrected chi connectivity index (χ4v) is 2.93. The van der Waals surface area contributed by atoms with Crippen molar-refractivity contribution in [3.63, 3.8) is 0 Å². The molecule has 2 N–H and O–H groups in total. The molecule has 5 nitrogen and oxygen atoms in total. The smallest absolute Gasteiger partial charge is 0.254 e. The average molecular weight is 338 g/mol. The first-order valence-corrected chi connectivity index (χ1v) is 7.99. The Bertz CT molecular complexity index is 576. The van der Waals surface area contributed by atoms with E-state index in [0.29, 0.717) is 11.5 Å². The van der Waals surface area contributed by atoms with Gasteiger partial charge in [-0.1, -0.05) is 6.92 Å². The third kappa shape index (κ3) is 4.03. The van der Waals surface area contributed by atoms with E-state index in [0.717, 1.165) is 31.7 Å². The predicted molar refractivity (Wildman–Crippen MR) is 93.0 cm³/mol. The second-order valence-corrected chi connectivity index (χ2v) is 6.44. The van der Waals surface area contributed by atoms with Gasteiger partial charge in [-0.3, -0.25) is 9.59 Å². The lowest BCUT2D eigenvalue weighted by Crippen LogP contribution is -2.52. The number of piperazine rings is 1. The van der Waals surface area contributed by atoms with Crippen molar-refractivity contribution in [2.75, 3.05) is 25.0 Å². The molecule has 3 unspecified atom stereocenters. The van der Waals surface area contributed by atoms with Crippen LogP contribution in [0.1, 0.15) is 30.6 Å². The van der Waals surface area contributed by atoms with Crippen molar-refractivity contribution in [3.8, 4) is 0 Å². The quantitative estimate of drug-likeness (QED) is 0.888. The van der Waals surface area contributed by atoms with Crippen molar-refractivity contribution in [3.05, 3.63) is 29.8 Å². The molecule has 0 radical (unpaired) electrons. The molecule has 126 valence electrons. The molecule has 1 heterocycles. The summed E-state index contributed by atoms with van der Waals surface area (Å²) in [6, 6.07) is 7.42. The van der Waals surface area contributed by atoms with Crippen LogP contribution in [0.2, 0.25) is 0 Å². The van der Waals surface area contributed by atoms with Crippen LogP contribution in [0, 0.1) is 11.8 Å². The number of rotatable bonds is 3. The van der Waals surface area contributed by atoms with E-state index in [-0.39, 0.29) is 36.2 Å². The second kappa shape index (κ2) is 7.32. The molecule has 3 rings (SSSR count). The van der Waals surface area contributed by atoms with Crippen LogP contribution in [0.15, 0.2) is 24.3 Å². The van der Waals surface area contributed by atoms with Crippen LogP contribution in [-0.4, -0.2) is 42.4 Å². The third-order valence-electron chi connectivity index (χ3n) is 4.61. The molecule has 2 aliphatic rings. The topological polar surface area (TPSA) is 61.4 Å². The number of nitrogens with one attached hydrogen (secondary N) is 2. The van der Waals surface area contributed by atoms with Gasteiger partial charge in [0.15, 0.2) is 0 Å². The Morgan fingerprint density at radius 1 is 1.22 bits per heavy atom. The average Bonchev–Trinajstić information content (AvgIpc) is 3.25. The van der Waals surface area contributed by atoms with Gasteiger partial charge >= 0.3 is 0 Å². The van der Waals surface area contributed by atoms with Gasteiger partial charge in [-0.05, 0) is 43.5 Å². The summed E-state index contributed by atoms with van der Waals surface area (Å²) in [7, 11) is 0. The van der Waals surface area contributed by atoms with Crippen molar-refractivity contribution < 1.29 is 9.59 Å². The highest BCUT2D eigenvalue weighted by molar-refractivity contribution is 5.97. The van der Waals surface area contributed by atoms with Crippen molar-refractivity contribution in [1.82, 2.24) is 10.2 Å². The molecule has 6 heteroatoms. The molecule has 1 aromatic carbocycles. The molecule has 0 spiro atoms. The minimum atomic E-state index is 0. The number of carbonyl (C=O) groups excluding carboxylic acids is 2. The lowest BCUT2D eigenvalue weighted by Gasteiger charge is -2.34. The summed E-state index contributed by atoms with van der Waals surface area (Å²) in [5.74, 6) is 0.794. The molecular formula is C17H24ClN3O2. The van der Waals surface area contributed by atoms with Gasteiger partial charge in [0.2, 0.25) is 5.91 Å². The summed E-state index contributed by atoms with van der Waals surface area (Å²) in [6.07, 6.45) is 0.975. The number of hydrogen-bond donors (Lipinski definition) is 2. The molecule has 2 amide bonds. The van der Waals surface area contributed by atoms with Crippen LogP contribution in [0.5, 0.6) is 0 Å². The molecule has 1 aliphatic carbocycles. The van der Waals surface area contributed by atoms with Gasteiger partial charge in [0.25, 0.3) is 5.91 Å². The van der Waals surface area contributed by atoms with Gasteiger partial charge in [0.05, 0.1) is 0 Å². The largest absolute Gasteiger partial charge is 0.333 e. The number of anilines is 1. The number of hydrogen-bond acceptors (Lipinski definition) is 3. The number of carbonyl (C=O) groups is 2. The summed E-state index contributed by atoms with van der Waals surface area (Å²) < 4.78 is 0. The van der Waals surface area contributed by atoms with E-state index in [1.54, 1.807) is 12.1 Å². The second-order valence-electron chi connectivity index (χ2n) is 6.44. The number of benzene rings is 1. The molecular weight excluding hydrogens is 314 g/mol. The molecule has 1 saturated heterocycles. The van der Waals surface area contributed by atoms with E-state index in [1.807, 2.05) is 17.0 Å². The van der Waals surface area contributed by atoms with Gasteiger partial charge < -0.3 is 15.5 Å². The fraction of sp³-hybridized carbons (Fsp3) is 0.529. The highest BCUT2D eigenvalue weighted by atomic mass is 35.5. The first kappa shape index (κ1) is 17.8. The molecule has 1 aliphatic heterocycles. The molecule has 2 fully saturated rings. The normalized spacial score (nSPS) is 26.2. The summed E-state index contributed by atoms with van der Waals surface area (Å²) in [6.45, 7) is 6.54. The maximum absolute atomic E-state index is 12.5. The van der Waals surface area contributed by atoms with E-state index in [4.69, 9.17) is 0 Å². The highest BCUT2D eigenvalue weighted by Gasteiger charge is 2.39. The summed E-state index contributed by atoms with van der Waals surface area (Å²) in [4.78, 5) is 26.3. The Morgan fingerprint density at radius 2 is 1.87 bits per heavy atom. The van der Waals surface area contributed by atoms with Crippen LogP contribution < -0.4 is 10.6 Å². The Balaban J connectivity index is 0.00000192. The third-order valence-corrected chi connectivity index (χ3v) is 4.61. The van der Waals surface area contributed by atoms with Gasteiger partial charge in [0.1, 0.15) is 0 Å². The monoisotopic (exact) mass is 337 g/mol. The number of amides is 2. The molecule has 0 aromatic heterocycles. The van der Waals surface area contributed by atoms with Gasteiger partial charge in [-0.25, -0.2) is 0 Å². The first-order valence-electron chi connectivity index (χ1n) is 7.99. The van der Waals surface area contributed by atoms with E-state index in [9.17, 15) is 9.59 Å². The van der Waals surface area contributed by atoms with Gasteiger partial charge in [0, 0.05) is 42.8 Å². The maximum Gasteiger partial charge on any atom is 0.254 e. The van der Waals surface area contributed by atoms with Crippen molar-refractivity contribution in [2.24, 2.45) is 11.8 Å². The van der Waals surface area contributed by atoms with Crippen LogP contribution in [-0.2, 0) is 4.79 Å². The molecule has 23 heavy (non-hydrogen) atoms. The lowest BCUT2D eigenvalue weighted by molar-refractivity contribution is -0.117. The van der Waals surface area contributed by atoms with Gasteiger partial charge in [-0.2, -0.15) is 0 Å². The van der Waals surface area contributed by atoms with Crippen molar-refractivity contribution in [2.45, 2.75) is 26.3 Å². The zero-order chi connectivity index (χ0) is 15.7. The highest BCUT2D eigenvalue weighted by Crippen LogP contribution is 2.38. The Hall–Kier alpha value is -1.59. The molecule has 1 saturated carbocycles. The minimum Gasteiger partial charge on any atom is -0.333 e. The first-order chi connectivity index (χ1) is 10.6. The summed E-state index contributed by atoms with van der Waals surface area (Å²) in [5, 5.41) is 6.20. The van der Waals surface area contributed by atoms with Crippen LogP contribution in [0.4, 0.5) is 5.69 Å². The van der Waals surface area contributed by atoms with Crippen LogP contribution >= 0.6 is 12.4 Å². The van der Waals surface area contributed by atoms with Crippen LogP contribution in [0.3, 0.4) is 0 Å².